The molecule has 0 radical (unpaired) electrons. The van der Waals surface area contributed by atoms with Gasteiger partial charge in [0, 0.05) is 50.5 Å². The molecular weight excluding hydrogens is 408 g/mol. The normalized spacial score (nSPS) is 43.3. The minimum atomic E-state index is -1.20. The van der Waals surface area contributed by atoms with Crippen molar-refractivity contribution in [3.8, 4) is 0 Å². The van der Waals surface area contributed by atoms with Crippen molar-refractivity contribution in [2.75, 3.05) is 26.7 Å². The molecule has 0 aromatic carbocycles. The number of alkyl halides is 2. The van der Waals surface area contributed by atoms with Gasteiger partial charge in [0.25, 0.3) is 0 Å². The molecule has 8 atom stereocenters. The second-order valence-corrected chi connectivity index (χ2v) is 10.2. The Morgan fingerprint density at radius 1 is 1.13 bits per heavy atom. The summed E-state index contributed by atoms with van der Waals surface area (Å²) in [4.78, 5) is 29.8. The third-order valence-corrected chi connectivity index (χ3v) is 8.44. The summed E-state index contributed by atoms with van der Waals surface area (Å²) < 4.78 is 28.1. The minimum absolute atomic E-state index is 0.0426. The zero-order chi connectivity index (χ0) is 21.9. The standard InChI is InChI=1S/C21H33F2N5O3/c1-27(21(10-29)3-4-21)20(31)18-13-9-28(5-2-15(13)25-26-18)19(30)17-8-12-14(23)6-11(22)7-16(12)24-17/h11-18,24-26,29H,2-10H2,1H3. The number of carbonyl (C=O) groups is 2. The Hall–Kier alpha value is -1.36. The van der Waals surface area contributed by atoms with Crippen LogP contribution in [0.5, 0.6) is 0 Å². The van der Waals surface area contributed by atoms with Crippen molar-refractivity contribution in [2.45, 2.75) is 80.6 Å². The van der Waals surface area contributed by atoms with Crippen LogP contribution in [0.3, 0.4) is 0 Å². The Morgan fingerprint density at radius 3 is 2.61 bits per heavy atom. The molecule has 2 aliphatic carbocycles. The van der Waals surface area contributed by atoms with Crippen LogP contribution in [0.25, 0.3) is 0 Å². The second kappa shape index (κ2) is 7.90. The summed E-state index contributed by atoms with van der Waals surface area (Å²) in [7, 11) is 1.74. The summed E-state index contributed by atoms with van der Waals surface area (Å²) in [6, 6.07) is -1.14. The van der Waals surface area contributed by atoms with Crippen LogP contribution in [0.2, 0.25) is 0 Å². The van der Waals surface area contributed by atoms with E-state index < -0.39 is 30.0 Å². The first-order valence-electron chi connectivity index (χ1n) is 11.6. The molecule has 5 fully saturated rings. The molecule has 3 aliphatic heterocycles. The second-order valence-electron chi connectivity index (χ2n) is 10.2. The summed E-state index contributed by atoms with van der Waals surface area (Å²) in [6.07, 6.45) is 0.575. The maximum Gasteiger partial charge on any atom is 0.241 e. The number of halogens is 2. The van der Waals surface area contributed by atoms with Crippen LogP contribution in [0.15, 0.2) is 0 Å². The number of hydrogen-bond donors (Lipinski definition) is 4. The molecule has 10 heteroatoms. The maximum absolute atomic E-state index is 14.3. The van der Waals surface area contributed by atoms with Gasteiger partial charge in [-0.15, -0.1) is 0 Å². The van der Waals surface area contributed by atoms with Crippen LogP contribution in [0, 0.1) is 11.8 Å². The van der Waals surface area contributed by atoms with Crippen molar-refractivity contribution in [1.82, 2.24) is 26.0 Å². The van der Waals surface area contributed by atoms with Crippen LogP contribution in [0.4, 0.5) is 8.78 Å². The Bertz CT molecular complexity index is 738. The van der Waals surface area contributed by atoms with Crippen LogP contribution in [-0.4, -0.2) is 95.5 Å². The number of piperidine rings is 1. The van der Waals surface area contributed by atoms with E-state index in [1.165, 1.54) is 0 Å². The first kappa shape index (κ1) is 21.5. The fourth-order valence-corrected chi connectivity index (χ4v) is 6.15. The van der Waals surface area contributed by atoms with E-state index in [9.17, 15) is 23.5 Å². The fraction of sp³-hybridized carbons (Fsp3) is 0.905. The number of nitrogens with one attached hydrogen (secondary N) is 3. The van der Waals surface area contributed by atoms with Gasteiger partial charge in [-0.1, -0.05) is 0 Å². The van der Waals surface area contributed by atoms with Crippen molar-refractivity contribution in [3.63, 3.8) is 0 Å². The third-order valence-electron chi connectivity index (χ3n) is 8.44. The molecule has 31 heavy (non-hydrogen) atoms. The van der Waals surface area contributed by atoms with Gasteiger partial charge in [0.2, 0.25) is 11.8 Å². The van der Waals surface area contributed by atoms with Gasteiger partial charge in [-0.05, 0) is 32.1 Å². The number of nitrogens with zero attached hydrogens (tertiary/aromatic N) is 2. The molecule has 4 N–H and O–H groups in total. The summed E-state index contributed by atoms with van der Waals surface area (Å²) >= 11 is 0. The zero-order valence-electron chi connectivity index (χ0n) is 17.9. The van der Waals surface area contributed by atoms with Gasteiger partial charge in [0.1, 0.15) is 18.4 Å². The highest BCUT2D eigenvalue weighted by atomic mass is 19.1. The maximum atomic E-state index is 14.3. The first-order valence-corrected chi connectivity index (χ1v) is 11.6. The van der Waals surface area contributed by atoms with Crippen LogP contribution in [-0.2, 0) is 9.59 Å². The molecule has 3 heterocycles. The monoisotopic (exact) mass is 441 g/mol. The smallest absolute Gasteiger partial charge is 0.241 e. The van der Waals surface area contributed by atoms with E-state index in [1.807, 2.05) is 0 Å². The molecule has 5 rings (SSSR count). The van der Waals surface area contributed by atoms with Gasteiger partial charge in [-0.2, -0.15) is 0 Å². The number of fused-ring (bicyclic) bond motifs is 2. The number of rotatable bonds is 4. The number of likely N-dealkylation sites (tertiary alicyclic amines) is 1. The topological polar surface area (TPSA) is 96.9 Å². The van der Waals surface area contributed by atoms with E-state index in [-0.39, 0.29) is 55.2 Å². The van der Waals surface area contributed by atoms with Crippen molar-refractivity contribution in [3.05, 3.63) is 0 Å². The Labute approximate surface area is 181 Å². The Kier molecular flexibility index (Phi) is 5.47. The lowest BCUT2D eigenvalue weighted by Gasteiger charge is -2.38. The largest absolute Gasteiger partial charge is 0.394 e. The Balaban J connectivity index is 1.23. The number of carbonyl (C=O) groups excluding carboxylic acids is 2. The number of likely N-dealkylation sites (N-methyl/N-ethyl adjacent to an activating group) is 1. The van der Waals surface area contributed by atoms with Crippen molar-refractivity contribution < 1.29 is 23.5 Å². The van der Waals surface area contributed by atoms with Crippen molar-refractivity contribution in [1.29, 1.82) is 0 Å². The van der Waals surface area contributed by atoms with Crippen molar-refractivity contribution in [2.24, 2.45) is 11.8 Å². The Morgan fingerprint density at radius 2 is 1.90 bits per heavy atom. The van der Waals surface area contributed by atoms with E-state index in [2.05, 4.69) is 16.2 Å². The minimum Gasteiger partial charge on any atom is -0.394 e. The van der Waals surface area contributed by atoms with Gasteiger partial charge in [0.15, 0.2) is 0 Å². The molecule has 2 amide bonds. The van der Waals surface area contributed by atoms with Gasteiger partial charge in [-0.3, -0.25) is 15.0 Å². The van der Waals surface area contributed by atoms with E-state index in [4.69, 9.17) is 0 Å². The highest BCUT2D eigenvalue weighted by molar-refractivity contribution is 5.85. The number of hydrazine groups is 1. The lowest BCUT2D eigenvalue weighted by Crippen LogP contribution is -2.56. The van der Waals surface area contributed by atoms with Crippen LogP contribution >= 0.6 is 0 Å². The summed E-state index contributed by atoms with van der Waals surface area (Å²) in [5.74, 6) is -0.518. The van der Waals surface area contributed by atoms with E-state index in [0.29, 0.717) is 19.5 Å². The molecule has 174 valence electrons. The van der Waals surface area contributed by atoms with Gasteiger partial charge in [0.05, 0.1) is 18.2 Å². The highest BCUT2D eigenvalue weighted by Gasteiger charge is 2.53. The first-order chi connectivity index (χ1) is 14.8. The predicted molar refractivity (Wildman–Crippen MR) is 108 cm³/mol. The molecule has 5 aliphatic rings. The summed E-state index contributed by atoms with van der Waals surface area (Å²) in [6.45, 7) is 0.974. The molecule has 2 saturated carbocycles. The number of aliphatic hydroxyl groups excluding tert-OH is 1. The van der Waals surface area contributed by atoms with Crippen LogP contribution < -0.4 is 16.2 Å². The average molecular weight is 442 g/mol. The molecule has 0 aromatic rings. The highest BCUT2D eigenvalue weighted by Crippen LogP contribution is 2.41. The van der Waals surface area contributed by atoms with E-state index in [1.54, 1.807) is 16.8 Å². The number of aliphatic hydroxyl groups is 1. The lowest BCUT2D eigenvalue weighted by atomic mass is 9.82. The summed E-state index contributed by atoms with van der Waals surface area (Å²) in [5.41, 5.74) is 5.88. The third kappa shape index (κ3) is 3.65. The van der Waals surface area contributed by atoms with Gasteiger partial charge >= 0.3 is 0 Å². The zero-order valence-corrected chi connectivity index (χ0v) is 17.9. The molecular formula is C21H33F2N5O3. The lowest BCUT2D eigenvalue weighted by molar-refractivity contribution is -0.140. The SMILES string of the molecule is CN(C(=O)C1NNC2CCN(C(=O)C3CC4C(F)CC(F)CC4N3)CC21)C1(CO)CC1. The average Bonchev–Trinajstić information content (AvgIpc) is 3.25. The van der Waals surface area contributed by atoms with Crippen molar-refractivity contribution >= 4 is 11.8 Å². The molecule has 3 saturated heterocycles. The molecule has 0 aromatic heterocycles. The molecule has 8 unspecified atom stereocenters. The molecule has 8 nitrogen and oxygen atoms in total. The van der Waals surface area contributed by atoms with Gasteiger partial charge < -0.3 is 20.2 Å². The van der Waals surface area contributed by atoms with E-state index in [0.717, 1.165) is 19.3 Å². The fourth-order valence-electron chi connectivity index (χ4n) is 6.15. The summed E-state index contributed by atoms with van der Waals surface area (Å²) in [5, 5.41) is 12.9. The van der Waals surface area contributed by atoms with E-state index >= 15 is 0 Å². The number of amides is 2. The quantitative estimate of drug-likeness (QED) is 0.469. The molecule has 0 spiro atoms. The van der Waals surface area contributed by atoms with Gasteiger partial charge in [-0.25, -0.2) is 14.2 Å². The predicted octanol–water partition coefficient (Wildman–Crippen LogP) is -0.520. The molecule has 0 bridgehead atoms. The number of hydrogen-bond acceptors (Lipinski definition) is 6. The van der Waals surface area contributed by atoms with Crippen LogP contribution in [0.1, 0.15) is 38.5 Å².